The molecule has 0 saturated carbocycles. The molecule has 0 spiro atoms. The lowest BCUT2D eigenvalue weighted by Crippen LogP contribution is -2.09. The third-order valence-corrected chi connectivity index (χ3v) is 5.44. The number of nitrogens with one attached hydrogen (secondary N) is 1. The highest BCUT2D eigenvalue weighted by atomic mass is 32.2. The van der Waals surface area contributed by atoms with Crippen molar-refractivity contribution in [3.63, 3.8) is 0 Å². The Bertz CT molecular complexity index is 1130. The first-order valence-electron chi connectivity index (χ1n) is 7.50. The van der Waals surface area contributed by atoms with Gasteiger partial charge in [0.15, 0.2) is 21.4 Å². The Morgan fingerprint density at radius 2 is 1.79 bits per heavy atom. The predicted octanol–water partition coefficient (Wildman–Crippen LogP) is 4.35. The monoisotopic (exact) mass is 424 g/mol. The van der Waals surface area contributed by atoms with E-state index in [1.807, 2.05) is 0 Å². The normalized spacial score (nSPS) is 12.3. The topological polar surface area (TPSA) is 72.1 Å². The van der Waals surface area contributed by atoms with Crippen LogP contribution in [0.5, 0.6) is 5.75 Å². The highest BCUT2D eigenvalue weighted by molar-refractivity contribution is 7.90. The molecule has 0 radical (unpaired) electrons. The summed E-state index contributed by atoms with van der Waals surface area (Å²) in [6.07, 6.45) is -1.87. The summed E-state index contributed by atoms with van der Waals surface area (Å²) in [7, 11) is -4.26. The average Bonchev–Trinajstić information content (AvgIpc) is 3.02. The van der Waals surface area contributed by atoms with Gasteiger partial charge in [-0.3, -0.25) is 0 Å². The third kappa shape index (κ3) is 3.91. The van der Waals surface area contributed by atoms with Crippen LogP contribution in [0, 0.1) is 11.6 Å². The first-order chi connectivity index (χ1) is 13.1. The van der Waals surface area contributed by atoms with Gasteiger partial charge in [-0.1, -0.05) is 0 Å². The molecule has 2 heterocycles. The smallest absolute Gasteiger partial charge is 0.387 e. The number of halogens is 6. The molecular weight excluding hydrogens is 414 g/mol. The number of benzene rings is 1. The Morgan fingerprint density at radius 1 is 1.07 bits per heavy atom. The molecule has 0 aliphatic heterocycles. The third-order valence-electron chi connectivity index (χ3n) is 3.74. The minimum atomic E-state index is -4.26. The van der Waals surface area contributed by atoms with E-state index in [2.05, 4.69) is 14.7 Å². The maximum atomic E-state index is 14.0. The summed E-state index contributed by atoms with van der Waals surface area (Å²) in [5.41, 5.74) is -1.31. The fraction of sp³-hybridized carbons (Fsp3) is 0.188. The molecule has 1 aromatic carbocycles. The number of nitrogens with zero attached hydrogens (tertiary/aromatic N) is 1. The lowest BCUT2D eigenvalue weighted by atomic mass is 10.2. The molecule has 0 atom stereocenters. The minimum Gasteiger partial charge on any atom is -0.432 e. The summed E-state index contributed by atoms with van der Waals surface area (Å²) in [6, 6.07) is 2.81. The fourth-order valence-corrected chi connectivity index (χ4v) is 4.05. The number of aromatic nitrogens is 2. The highest BCUT2D eigenvalue weighted by Crippen LogP contribution is 2.29. The molecule has 1 N–H and O–H groups in total. The van der Waals surface area contributed by atoms with Crippen LogP contribution in [-0.4, -0.2) is 25.0 Å². The van der Waals surface area contributed by atoms with Crippen LogP contribution in [0.2, 0.25) is 0 Å². The van der Waals surface area contributed by atoms with E-state index in [4.69, 9.17) is 0 Å². The van der Waals surface area contributed by atoms with E-state index in [1.54, 1.807) is 0 Å². The van der Waals surface area contributed by atoms with Gasteiger partial charge in [-0.05, 0) is 18.2 Å². The van der Waals surface area contributed by atoms with Crippen molar-refractivity contribution in [2.24, 2.45) is 0 Å². The van der Waals surface area contributed by atoms with Crippen LogP contribution < -0.4 is 4.74 Å². The van der Waals surface area contributed by atoms with Crippen LogP contribution in [0.1, 0.15) is 17.7 Å². The van der Waals surface area contributed by atoms with Crippen LogP contribution in [0.15, 0.2) is 35.4 Å². The van der Waals surface area contributed by atoms with Gasteiger partial charge in [-0.15, -0.1) is 0 Å². The van der Waals surface area contributed by atoms with Crippen LogP contribution in [0.3, 0.4) is 0 Å². The summed E-state index contributed by atoms with van der Waals surface area (Å²) in [6.45, 7) is -3.39. The summed E-state index contributed by atoms with van der Waals surface area (Å²) in [4.78, 5) is 5.67. The number of rotatable bonds is 6. The maximum Gasteiger partial charge on any atom is 0.387 e. The van der Waals surface area contributed by atoms with E-state index in [0.717, 1.165) is 18.3 Å². The van der Waals surface area contributed by atoms with Crippen molar-refractivity contribution >= 4 is 20.9 Å². The summed E-state index contributed by atoms with van der Waals surface area (Å²) >= 11 is 0. The molecule has 2 aromatic heterocycles. The molecule has 0 bridgehead atoms. The molecule has 0 amide bonds. The number of pyridine rings is 1. The van der Waals surface area contributed by atoms with Crippen molar-refractivity contribution in [2.75, 3.05) is 0 Å². The fourth-order valence-electron chi connectivity index (χ4n) is 2.52. The zero-order valence-corrected chi connectivity index (χ0v) is 14.4. The Morgan fingerprint density at radius 3 is 2.43 bits per heavy atom. The van der Waals surface area contributed by atoms with Crippen molar-refractivity contribution in [3.8, 4) is 5.75 Å². The lowest BCUT2D eigenvalue weighted by molar-refractivity contribution is -0.0523. The molecule has 5 nitrogen and oxygen atoms in total. The van der Waals surface area contributed by atoms with Gasteiger partial charge in [0.1, 0.15) is 17.2 Å². The zero-order valence-electron chi connectivity index (χ0n) is 13.6. The number of H-pyrrole nitrogens is 1. The Hall–Kier alpha value is -2.76. The quantitative estimate of drug-likeness (QED) is 0.597. The number of fused-ring (bicyclic) bond motifs is 1. The van der Waals surface area contributed by atoms with Gasteiger partial charge in [0.25, 0.3) is 6.43 Å². The van der Waals surface area contributed by atoms with Gasteiger partial charge in [0.05, 0.1) is 10.6 Å². The number of sulfone groups is 1. The van der Waals surface area contributed by atoms with Crippen LogP contribution in [0.4, 0.5) is 26.3 Å². The summed E-state index contributed by atoms with van der Waals surface area (Å²) < 4.78 is 106. The minimum absolute atomic E-state index is 0.0112. The molecule has 150 valence electrons. The molecular formula is C16H10F6N2O3S. The number of ether oxygens (including phenoxy) is 1. The van der Waals surface area contributed by atoms with Gasteiger partial charge in [0, 0.05) is 23.2 Å². The standard InChI is InChI=1S/C16H10F6N2O3S/c17-9-4-12(27-16(21)22)10(18)3-7(9)6-28(25,26)13-5-23-15-8(13)1-2-11(24-15)14(19)20/h1-5,14,16H,6H2,(H,23,24). The van der Waals surface area contributed by atoms with Gasteiger partial charge in [-0.2, -0.15) is 8.78 Å². The van der Waals surface area contributed by atoms with Gasteiger partial charge >= 0.3 is 6.61 Å². The Balaban J connectivity index is 1.96. The molecule has 0 fully saturated rings. The predicted molar refractivity (Wildman–Crippen MR) is 84.9 cm³/mol. The van der Waals surface area contributed by atoms with Gasteiger partial charge in [0.2, 0.25) is 0 Å². The van der Waals surface area contributed by atoms with Crippen LogP contribution >= 0.6 is 0 Å². The van der Waals surface area contributed by atoms with E-state index in [1.165, 1.54) is 0 Å². The molecule has 28 heavy (non-hydrogen) atoms. The number of alkyl halides is 4. The second-order valence-corrected chi connectivity index (χ2v) is 7.56. The van der Waals surface area contributed by atoms with Crippen LogP contribution in [0.25, 0.3) is 11.0 Å². The number of hydrogen-bond donors (Lipinski definition) is 1. The van der Waals surface area contributed by atoms with Gasteiger partial charge < -0.3 is 9.72 Å². The SMILES string of the molecule is O=S(=O)(Cc1cc(F)c(OC(F)F)cc1F)c1c[nH]c2nc(C(F)F)ccc12. The molecule has 0 unspecified atom stereocenters. The second-order valence-electron chi connectivity index (χ2n) is 5.60. The van der Waals surface area contributed by atoms with Crippen molar-refractivity contribution in [1.82, 2.24) is 9.97 Å². The Kier molecular flexibility index (Phi) is 5.24. The summed E-state index contributed by atoms with van der Waals surface area (Å²) in [5, 5.41) is -0.0112. The second kappa shape index (κ2) is 7.34. The lowest BCUT2D eigenvalue weighted by Gasteiger charge is -2.09. The highest BCUT2D eigenvalue weighted by Gasteiger charge is 2.24. The summed E-state index contributed by atoms with van der Waals surface area (Å²) in [5.74, 6) is -4.70. The molecule has 3 rings (SSSR count). The Labute approximate surface area is 153 Å². The molecule has 0 saturated heterocycles. The van der Waals surface area contributed by atoms with E-state index in [9.17, 15) is 34.8 Å². The van der Waals surface area contributed by atoms with Crippen molar-refractivity contribution in [2.45, 2.75) is 23.7 Å². The van der Waals surface area contributed by atoms with Crippen LogP contribution in [-0.2, 0) is 15.6 Å². The number of hydrogen-bond acceptors (Lipinski definition) is 4. The van der Waals surface area contributed by atoms with Crippen molar-refractivity contribution < 1.29 is 39.5 Å². The largest absolute Gasteiger partial charge is 0.432 e. The molecule has 12 heteroatoms. The number of aromatic amines is 1. The maximum absolute atomic E-state index is 14.0. The molecule has 0 aliphatic carbocycles. The first-order valence-corrected chi connectivity index (χ1v) is 9.15. The van der Waals surface area contributed by atoms with Crippen molar-refractivity contribution in [3.05, 3.63) is 53.4 Å². The average molecular weight is 424 g/mol. The zero-order chi connectivity index (χ0) is 20.6. The van der Waals surface area contributed by atoms with Crippen molar-refractivity contribution in [1.29, 1.82) is 0 Å². The molecule has 0 aliphatic rings. The van der Waals surface area contributed by atoms with E-state index in [0.29, 0.717) is 12.1 Å². The van der Waals surface area contributed by atoms with E-state index >= 15 is 0 Å². The van der Waals surface area contributed by atoms with E-state index < -0.39 is 57.3 Å². The van der Waals surface area contributed by atoms with E-state index in [-0.39, 0.29) is 15.9 Å². The molecule has 3 aromatic rings. The van der Waals surface area contributed by atoms with Gasteiger partial charge in [-0.25, -0.2) is 31.0 Å². The first kappa shape index (κ1) is 20.0.